The minimum atomic E-state index is -0.340. The first-order valence-electron chi connectivity index (χ1n) is 4.13. The fourth-order valence-corrected chi connectivity index (χ4v) is 1.42. The molecule has 0 aliphatic carbocycles. The number of rotatable bonds is 1. The molecule has 6 heteroatoms. The van der Waals surface area contributed by atoms with Crippen molar-refractivity contribution in [1.82, 2.24) is 9.78 Å². The molecule has 1 aromatic rings. The highest BCUT2D eigenvalue weighted by Crippen LogP contribution is 2.22. The van der Waals surface area contributed by atoms with Crippen LogP contribution in [0.4, 0.5) is 11.5 Å². The standard InChI is InChI=1S/C8H10N4O2/c1-4-5(3-13)2-12-7(10-4)6(9)8(14)11-12/h3,10H,2,9H2,1H3,(H,11,14). The molecule has 74 valence electrons. The number of hydrogen-bond donors (Lipinski definition) is 3. The van der Waals surface area contributed by atoms with Gasteiger partial charge in [-0.15, -0.1) is 0 Å². The SMILES string of the molecule is CC1=C(C=O)Cn2[nH]c(=O)c(N)c2N1. The number of anilines is 2. The van der Waals surface area contributed by atoms with E-state index in [9.17, 15) is 9.59 Å². The van der Waals surface area contributed by atoms with Crippen molar-refractivity contribution in [3.05, 3.63) is 21.6 Å². The van der Waals surface area contributed by atoms with E-state index in [2.05, 4.69) is 10.4 Å². The Morgan fingerprint density at radius 3 is 2.93 bits per heavy atom. The van der Waals surface area contributed by atoms with Crippen LogP contribution < -0.4 is 16.6 Å². The zero-order valence-corrected chi connectivity index (χ0v) is 7.63. The summed E-state index contributed by atoms with van der Waals surface area (Å²) >= 11 is 0. The normalized spacial score (nSPS) is 14.9. The number of nitrogens with two attached hydrogens (primary N) is 1. The van der Waals surface area contributed by atoms with Gasteiger partial charge in [-0.1, -0.05) is 0 Å². The van der Waals surface area contributed by atoms with E-state index in [1.165, 1.54) is 4.68 Å². The summed E-state index contributed by atoms with van der Waals surface area (Å²) in [7, 11) is 0. The first kappa shape index (κ1) is 8.61. The molecule has 1 aliphatic rings. The summed E-state index contributed by atoms with van der Waals surface area (Å²) in [5, 5.41) is 5.44. The van der Waals surface area contributed by atoms with E-state index in [-0.39, 0.29) is 11.2 Å². The molecule has 0 atom stereocenters. The van der Waals surface area contributed by atoms with Crippen LogP contribution in [-0.2, 0) is 11.3 Å². The van der Waals surface area contributed by atoms with Crippen molar-refractivity contribution in [2.24, 2.45) is 0 Å². The average Bonchev–Trinajstić information content (AvgIpc) is 2.43. The monoisotopic (exact) mass is 194 g/mol. The Morgan fingerprint density at radius 2 is 2.29 bits per heavy atom. The topological polar surface area (TPSA) is 92.9 Å². The van der Waals surface area contributed by atoms with Crippen LogP contribution in [0.25, 0.3) is 0 Å². The number of carbonyl (C=O) groups is 1. The Labute approximate surface area is 79.4 Å². The maximum absolute atomic E-state index is 11.2. The lowest BCUT2D eigenvalue weighted by Crippen LogP contribution is -2.18. The number of aldehydes is 1. The summed E-state index contributed by atoms with van der Waals surface area (Å²) in [6.45, 7) is 2.12. The summed E-state index contributed by atoms with van der Waals surface area (Å²) in [5.74, 6) is 0.526. The van der Waals surface area contributed by atoms with Crippen LogP contribution in [0.3, 0.4) is 0 Å². The summed E-state index contributed by atoms with van der Waals surface area (Å²) in [4.78, 5) is 21.8. The molecule has 0 unspecified atom stereocenters. The van der Waals surface area contributed by atoms with Gasteiger partial charge < -0.3 is 11.1 Å². The Morgan fingerprint density at radius 1 is 1.57 bits per heavy atom. The number of allylic oxidation sites excluding steroid dienone is 2. The second-order valence-corrected chi connectivity index (χ2v) is 3.18. The van der Waals surface area contributed by atoms with Gasteiger partial charge >= 0.3 is 0 Å². The predicted octanol–water partition coefficient (Wildman–Crippen LogP) is -0.343. The van der Waals surface area contributed by atoms with Gasteiger partial charge in [0.2, 0.25) is 0 Å². The zero-order chi connectivity index (χ0) is 10.3. The molecule has 0 saturated carbocycles. The second-order valence-electron chi connectivity index (χ2n) is 3.18. The first-order valence-corrected chi connectivity index (χ1v) is 4.13. The lowest BCUT2D eigenvalue weighted by atomic mass is 10.2. The molecule has 0 spiro atoms. The summed E-state index contributed by atoms with van der Waals surface area (Å²) in [6, 6.07) is 0. The average molecular weight is 194 g/mol. The highest BCUT2D eigenvalue weighted by atomic mass is 16.1. The van der Waals surface area contributed by atoms with Gasteiger partial charge in [-0.2, -0.15) is 0 Å². The zero-order valence-electron chi connectivity index (χ0n) is 7.63. The highest BCUT2D eigenvalue weighted by Gasteiger charge is 2.18. The molecule has 6 nitrogen and oxygen atoms in total. The third kappa shape index (κ3) is 1.04. The third-order valence-corrected chi connectivity index (χ3v) is 2.26. The molecule has 14 heavy (non-hydrogen) atoms. The molecule has 1 aromatic heterocycles. The van der Waals surface area contributed by atoms with Crippen molar-refractivity contribution in [3.8, 4) is 0 Å². The van der Waals surface area contributed by atoms with Crippen molar-refractivity contribution in [2.75, 3.05) is 11.1 Å². The van der Waals surface area contributed by atoms with Gasteiger partial charge in [0.1, 0.15) is 12.0 Å². The molecule has 0 saturated heterocycles. The number of aromatic amines is 1. The van der Waals surface area contributed by atoms with Gasteiger partial charge in [-0.3, -0.25) is 19.4 Å². The van der Waals surface area contributed by atoms with Crippen molar-refractivity contribution in [2.45, 2.75) is 13.5 Å². The minimum absolute atomic E-state index is 0.147. The van der Waals surface area contributed by atoms with Crippen LogP contribution >= 0.6 is 0 Å². The van der Waals surface area contributed by atoms with Crippen molar-refractivity contribution < 1.29 is 4.79 Å². The lowest BCUT2D eigenvalue weighted by molar-refractivity contribution is -0.105. The van der Waals surface area contributed by atoms with Crippen LogP contribution in [0.5, 0.6) is 0 Å². The van der Waals surface area contributed by atoms with E-state index in [1.54, 1.807) is 6.92 Å². The Balaban J connectivity index is 2.53. The molecular formula is C8H10N4O2. The number of hydrogen-bond acceptors (Lipinski definition) is 4. The van der Waals surface area contributed by atoms with Crippen LogP contribution in [0, 0.1) is 0 Å². The van der Waals surface area contributed by atoms with Gasteiger partial charge in [0, 0.05) is 11.3 Å². The van der Waals surface area contributed by atoms with Crippen molar-refractivity contribution in [1.29, 1.82) is 0 Å². The van der Waals surface area contributed by atoms with Gasteiger partial charge in [-0.05, 0) is 6.92 Å². The predicted molar refractivity (Wildman–Crippen MR) is 51.9 cm³/mol. The largest absolute Gasteiger partial charge is 0.391 e. The molecule has 2 rings (SSSR count). The van der Waals surface area contributed by atoms with E-state index in [0.717, 1.165) is 12.0 Å². The van der Waals surface area contributed by atoms with Gasteiger partial charge in [0.15, 0.2) is 5.82 Å². The van der Waals surface area contributed by atoms with E-state index in [4.69, 9.17) is 5.73 Å². The fraction of sp³-hybridized carbons (Fsp3) is 0.250. The molecular weight excluding hydrogens is 184 g/mol. The molecule has 0 radical (unpaired) electrons. The number of nitrogens with zero attached hydrogens (tertiary/aromatic N) is 1. The number of nitrogens with one attached hydrogen (secondary N) is 2. The maximum Gasteiger partial charge on any atom is 0.289 e. The molecule has 0 amide bonds. The smallest absolute Gasteiger partial charge is 0.289 e. The summed E-state index contributed by atoms with van der Waals surface area (Å²) in [5.41, 5.74) is 6.67. The van der Waals surface area contributed by atoms with E-state index in [1.807, 2.05) is 0 Å². The number of fused-ring (bicyclic) bond motifs is 1. The molecule has 4 N–H and O–H groups in total. The number of H-pyrrole nitrogens is 1. The summed E-state index contributed by atoms with van der Waals surface area (Å²) < 4.78 is 1.52. The van der Waals surface area contributed by atoms with Gasteiger partial charge in [-0.25, -0.2) is 0 Å². The van der Waals surface area contributed by atoms with Crippen molar-refractivity contribution >= 4 is 17.8 Å². The number of aromatic nitrogens is 2. The maximum atomic E-state index is 11.2. The highest BCUT2D eigenvalue weighted by molar-refractivity contribution is 5.78. The minimum Gasteiger partial charge on any atom is -0.391 e. The number of nitrogen functional groups attached to an aromatic ring is 1. The van der Waals surface area contributed by atoms with Crippen LogP contribution in [0.2, 0.25) is 0 Å². The quantitative estimate of drug-likeness (QED) is 0.533. The lowest BCUT2D eigenvalue weighted by Gasteiger charge is -2.18. The molecule has 0 bridgehead atoms. The second kappa shape index (κ2) is 2.76. The Bertz CT molecular complexity index is 480. The van der Waals surface area contributed by atoms with Crippen molar-refractivity contribution in [3.63, 3.8) is 0 Å². The Kier molecular flexibility index (Phi) is 1.70. The molecule has 0 fully saturated rings. The summed E-state index contributed by atoms with van der Waals surface area (Å²) in [6.07, 6.45) is 0.764. The molecule has 2 heterocycles. The molecule has 1 aliphatic heterocycles. The van der Waals surface area contributed by atoms with E-state index in [0.29, 0.717) is 17.9 Å². The fourth-order valence-electron chi connectivity index (χ4n) is 1.42. The Hall–Kier alpha value is -1.98. The van der Waals surface area contributed by atoms with Gasteiger partial charge in [0.05, 0.1) is 6.54 Å². The molecule has 0 aromatic carbocycles. The first-order chi connectivity index (χ1) is 6.63. The van der Waals surface area contributed by atoms with Gasteiger partial charge in [0.25, 0.3) is 5.56 Å². The van der Waals surface area contributed by atoms with E-state index < -0.39 is 0 Å². The van der Waals surface area contributed by atoms with E-state index >= 15 is 0 Å². The van der Waals surface area contributed by atoms with Crippen LogP contribution in [-0.4, -0.2) is 16.1 Å². The van der Waals surface area contributed by atoms with Crippen LogP contribution in [0.1, 0.15) is 6.92 Å². The number of carbonyl (C=O) groups excluding carboxylic acids is 1. The van der Waals surface area contributed by atoms with Crippen LogP contribution in [0.15, 0.2) is 16.1 Å². The third-order valence-electron chi connectivity index (χ3n) is 2.26.